The topological polar surface area (TPSA) is 94.4 Å². The van der Waals surface area contributed by atoms with Gasteiger partial charge in [-0.3, -0.25) is 5.32 Å². The Balaban J connectivity index is 1.76. The lowest BCUT2D eigenvalue weighted by atomic mass is 10.2. The van der Waals surface area contributed by atoms with Gasteiger partial charge in [-0.1, -0.05) is 40.6 Å². The molecule has 0 unspecified atom stereocenters. The molecule has 0 aliphatic heterocycles. The Bertz CT molecular complexity index is 760. The predicted octanol–water partition coefficient (Wildman–Crippen LogP) is 5.50. The van der Waals surface area contributed by atoms with Crippen LogP contribution in [0.25, 0.3) is 0 Å². The number of ether oxygens (including phenoxy) is 1. The van der Waals surface area contributed by atoms with Crippen molar-refractivity contribution in [1.29, 1.82) is 0 Å². The molecule has 27 heavy (non-hydrogen) atoms. The first-order chi connectivity index (χ1) is 13.0. The fraction of sp³-hybridized carbons (Fsp3) is 0.294. The number of alkyl halides is 1. The molecule has 0 bridgehead atoms. The van der Waals surface area contributed by atoms with E-state index in [1.54, 1.807) is 18.2 Å². The number of aromatic nitrogens is 1. The van der Waals surface area contributed by atoms with Gasteiger partial charge in [-0.15, -0.1) is 11.6 Å². The van der Waals surface area contributed by atoms with Gasteiger partial charge < -0.3 is 14.9 Å². The Hall–Kier alpha value is -1.97. The molecule has 1 amide bonds. The number of nitrogens with zero attached hydrogens (tertiary/aromatic N) is 2. The number of amides is 1. The SMILES string of the molecule is CC[C@H](COC(=O)Nc1ccc(CCl)cc1)SSc1ccc([N+](=O)[O-])nc1. The molecule has 0 radical (unpaired) electrons. The molecule has 1 N–H and O–H groups in total. The number of benzene rings is 1. The minimum Gasteiger partial charge on any atom is -0.448 e. The Morgan fingerprint density at radius 3 is 2.63 bits per heavy atom. The maximum atomic E-state index is 11.9. The smallest absolute Gasteiger partial charge is 0.411 e. The second kappa shape index (κ2) is 11.0. The van der Waals surface area contributed by atoms with Crippen molar-refractivity contribution in [2.45, 2.75) is 29.4 Å². The van der Waals surface area contributed by atoms with Gasteiger partial charge in [-0.2, -0.15) is 0 Å². The highest BCUT2D eigenvalue weighted by atomic mass is 35.5. The molecule has 1 aromatic carbocycles. The van der Waals surface area contributed by atoms with Crippen molar-refractivity contribution >= 4 is 50.8 Å². The van der Waals surface area contributed by atoms with Gasteiger partial charge in [0.15, 0.2) is 6.20 Å². The first-order valence-electron chi connectivity index (χ1n) is 8.04. The number of carbonyl (C=O) groups is 1. The van der Waals surface area contributed by atoms with E-state index in [0.29, 0.717) is 11.6 Å². The molecule has 1 heterocycles. The second-order valence-corrected chi connectivity index (χ2v) is 8.21. The average Bonchev–Trinajstić information content (AvgIpc) is 2.69. The highest BCUT2D eigenvalue weighted by Gasteiger charge is 2.14. The molecule has 2 aromatic rings. The lowest BCUT2D eigenvalue weighted by Gasteiger charge is -2.14. The minimum atomic E-state index is -0.536. The average molecular weight is 428 g/mol. The summed E-state index contributed by atoms with van der Waals surface area (Å²) in [7, 11) is 2.97. The molecule has 0 aliphatic rings. The number of nitrogens with one attached hydrogen (secondary N) is 1. The molecule has 2 rings (SSSR count). The molecular weight excluding hydrogens is 410 g/mol. The first-order valence-corrected chi connectivity index (χ1v) is 10.8. The molecule has 0 aliphatic carbocycles. The summed E-state index contributed by atoms with van der Waals surface area (Å²) in [6.07, 6.45) is 1.74. The molecular formula is C17H18ClN3O4S2. The van der Waals surface area contributed by atoms with Crippen molar-refractivity contribution < 1.29 is 14.5 Å². The van der Waals surface area contributed by atoms with Gasteiger partial charge in [0.2, 0.25) is 0 Å². The van der Waals surface area contributed by atoms with E-state index in [1.807, 2.05) is 19.1 Å². The van der Waals surface area contributed by atoms with Crippen molar-refractivity contribution in [3.8, 4) is 0 Å². The van der Waals surface area contributed by atoms with Gasteiger partial charge in [0.25, 0.3) is 0 Å². The quantitative estimate of drug-likeness (QED) is 0.244. The highest BCUT2D eigenvalue weighted by Crippen LogP contribution is 2.35. The minimum absolute atomic E-state index is 0.0783. The summed E-state index contributed by atoms with van der Waals surface area (Å²) in [6.45, 7) is 2.25. The number of rotatable bonds is 9. The summed E-state index contributed by atoms with van der Waals surface area (Å²) in [5, 5.41) is 13.4. The van der Waals surface area contributed by atoms with Crippen molar-refractivity contribution in [1.82, 2.24) is 4.98 Å². The molecule has 7 nitrogen and oxygen atoms in total. The van der Waals surface area contributed by atoms with Crippen LogP contribution in [0.15, 0.2) is 47.5 Å². The zero-order valence-corrected chi connectivity index (χ0v) is 16.9. The Labute approximate surface area is 169 Å². The van der Waals surface area contributed by atoms with Crippen molar-refractivity contribution in [2.75, 3.05) is 11.9 Å². The summed E-state index contributed by atoms with van der Waals surface area (Å²) in [5.41, 5.74) is 1.61. The zero-order valence-electron chi connectivity index (χ0n) is 14.5. The van der Waals surface area contributed by atoms with Gasteiger partial charge in [0.05, 0.1) is 4.90 Å². The number of halogens is 1. The van der Waals surface area contributed by atoms with Crippen LogP contribution < -0.4 is 5.32 Å². The Morgan fingerprint density at radius 1 is 1.33 bits per heavy atom. The van der Waals surface area contributed by atoms with Crippen LogP contribution in [0.1, 0.15) is 18.9 Å². The number of carbonyl (C=O) groups excluding carboxylic acids is 1. The van der Waals surface area contributed by atoms with Crippen LogP contribution in [0.5, 0.6) is 0 Å². The van der Waals surface area contributed by atoms with Crippen LogP contribution in [0, 0.1) is 10.1 Å². The first kappa shape index (κ1) is 21.3. The molecule has 1 aromatic heterocycles. The lowest BCUT2D eigenvalue weighted by Crippen LogP contribution is -2.19. The maximum absolute atomic E-state index is 11.9. The molecule has 144 valence electrons. The van der Waals surface area contributed by atoms with E-state index in [-0.39, 0.29) is 17.7 Å². The molecule has 0 saturated carbocycles. The van der Waals surface area contributed by atoms with E-state index < -0.39 is 11.0 Å². The van der Waals surface area contributed by atoms with Crippen molar-refractivity contribution in [3.05, 3.63) is 58.3 Å². The van der Waals surface area contributed by atoms with Crippen molar-refractivity contribution in [3.63, 3.8) is 0 Å². The lowest BCUT2D eigenvalue weighted by molar-refractivity contribution is -0.389. The molecule has 10 heteroatoms. The molecule has 0 saturated heterocycles. The highest BCUT2D eigenvalue weighted by molar-refractivity contribution is 8.77. The van der Waals surface area contributed by atoms with Crippen LogP contribution in [0.4, 0.5) is 16.3 Å². The third kappa shape index (κ3) is 7.28. The van der Waals surface area contributed by atoms with E-state index >= 15 is 0 Å². The number of pyridine rings is 1. The van der Waals surface area contributed by atoms with Gasteiger partial charge in [-0.25, -0.2) is 4.79 Å². The fourth-order valence-electron chi connectivity index (χ4n) is 1.87. The van der Waals surface area contributed by atoms with E-state index in [4.69, 9.17) is 16.3 Å². The summed E-state index contributed by atoms with van der Waals surface area (Å²) >= 11 is 5.73. The van der Waals surface area contributed by atoms with Crippen LogP contribution >= 0.6 is 33.2 Å². The third-order valence-corrected chi connectivity index (χ3v) is 6.66. The molecule has 1 atom stereocenters. The Kier molecular flexibility index (Phi) is 8.70. The van der Waals surface area contributed by atoms with E-state index in [2.05, 4.69) is 10.3 Å². The van der Waals surface area contributed by atoms with Gasteiger partial charge in [0, 0.05) is 22.9 Å². The van der Waals surface area contributed by atoms with Crippen LogP contribution in [-0.2, 0) is 10.6 Å². The molecule has 0 spiro atoms. The van der Waals surface area contributed by atoms with E-state index in [9.17, 15) is 14.9 Å². The monoisotopic (exact) mass is 427 g/mol. The Morgan fingerprint density at radius 2 is 2.07 bits per heavy atom. The summed E-state index contributed by atoms with van der Waals surface area (Å²) < 4.78 is 5.28. The van der Waals surface area contributed by atoms with Gasteiger partial charge in [-0.05, 0) is 40.1 Å². The number of anilines is 1. The third-order valence-electron chi connectivity index (χ3n) is 3.40. The van der Waals surface area contributed by atoms with Crippen LogP contribution in [-0.4, -0.2) is 27.9 Å². The summed E-state index contributed by atoms with van der Waals surface area (Å²) in [5.74, 6) is 0.234. The predicted molar refractivity (Wildman–Crippen MR) is 109 cm³/mol. The van der Waals surface area contributed by atoms with Crippen LogP contribution in [0.3, 0.4) is 0 Å². The maximum Gasteiger partial charge on any atom is 0.411 e. The normalized spacial score (nSPS) is 11.6. The number of hydrogen-bond acceptors (Lipinski definition) is 7. The van der Waals surface area contributed by atoms with E-state index in [0.717, 1.165) is 16.9 Å². The fourth-order valence-corrected chi connectivity index (χ4v) is 4.38. The van der Waals surface area contributed by atoms with E-state index in [1.165, 1.54) is 33.9 Å². The standard InChI is InChI=1S/C17H18ClN3O4S2/c1-2-14(26-27-15-7-8-16(19-10-15)21(23)24)11-25-17(22)20-13-5-3-12(9-18)4-6-13/h3-8,10,14H,2,9,11H2,1H3,(H,20,22)/t14-/m1/s1. The van der Waals surface area contributed by atoms with Gasteiger partial charge >= 0.3 is 11.9 Å². The zero-order chi connectivity index (χ0) is 19.6. The number of hydrogen-bond donors (Lipinski definition) is 1. The second-order valence-electron chi connectivity index (χ2n) is 5.37. The van der Waals surface area contributed by atoms with Gasteiger partial charge in [0.1, 0.15) is 6.61 Å². The largest absolute Gasteiger partial charge is 0.448 e. The van der Waals surface area contributed by atoms with Crippen LogP contribution in [0.2, 0.25) is 0 Å². The summed E-state index contributed by atoms with van der Waals surface area (Å²) in [6, 6.07) is 10.2. The molecule has 0 fully saturated rings. The van der Waals surface area contributed by atoms with Crippen molar-refractivity contribution in [2.24, 2.45) is 0 Å². The summed E-state index contributed by atoms with van der Waals surface area (Å²) in [4.78, 5) is 26.6. The number of nitro groups is 1.